The van der Waals surface area contributed by atoms with E-state index in [9.17, 15) is 8.42 Å². The second-order valence-corrected chi connectivity index (χ2v) is 7.95. The van der Waals surface area contributed by atoms with Gasteiger partial charge >= 0.3 is 0 Å². The molecule has 0 aliphatic heterocycles. The van der Waals surface area contributed by atoms with Crippen molar-refractivity contribution in [1.82, 2.24) is 4.31 Å². The van der Waals surface area contributed by atoms with Crippen molar-refractivity contribution in [2.75, 3.05) is 38.3 Å². The number of nitrogens with zero attached hydrogens (tertiary/aromatic N) is 2. The number of sulfonamides is 1. The molecule has 2 unspecified atom stereocenters. The normalized spacial score (nSPS) is 22.1. The first kappa shape index (κ1) is 15.1. The van der Waals surface area contributed by atoms with Crippen LogP contribution in [0.15, 0.2) is 23.1 Å². The summed E-state index contributed by atoms with van der Waals surface area (Å²) >= 11 is 0. The molecule has 1 aliphatic carbocycles. The highest BCUT2D eigenvalue weighted by Gasteiger charge is 2.34. The molecule has 1 saturated carbocycles. The molecule has 0 spiro atoms. The molecule has 0 bridgehead atoms. The molecule has 20 heavy (non-hydrogen) atoms. The van der Waals surface area contributed by atoms with Crippen LogP contribution in [0.3, 0.4) is 0 Å². The van der Waals surface area contributed by atoms with Gasteiger partial charge in [0.25, 0.3) is 0 Å². The maximum absolute atomic E-state index is 12.2. The van der Waals surface area contributed by atoms with Crippen molar-refractivity contribution in [3.63, 3.8) is 0 Å². The quantitative estimate of drug-likeness (QED) is 0.839. The van der Waals surface area contributed by atoms with Crippen LogP contribution in [0.2, 0.25) is 0 Å². The fourth-order valence-corrected chi connectivity index (χ4v) is 3.42. The maximum atomic E-state index is 12.2. The zero-order chi connectivity index (χ0) is 15.1. The molecule has 0 aromatic heterocycles. The summed E-state index contributed by atoms with van der Waals surface area (Å²) in [4.78, 5) is 2.23. The Morgan fingerprint density at radius 2 is 1.90 bits per heavy atom. The van der Waals surface area contributed by atoms with Gasteiger partial charge in [0.05, 0.1) is 11.4 Å². The molecular weight excluding hydrogens is 274 g/mol. The molecular formula is C14H23N3O2S. The molecule has 1 fully saturated rings. The molecule has 2 atom stereocenters. The number of nitrogens with two attached hydrogens (primary N) is 1. The molecule has 0 saturated heterocycles. The van der Waals surface area contributed by atoms with Gasteiger partial charge in [0.1, 0.15) is 4.90 Å². The first-order chi connectivity index (χ1) is 9.25. The number of benzene rings is 1. The summed E-state index contributed by atoms with van der Waals surface area (Å²) in [5.41, 5.74) is 7.21. The highest BCUT2D eigenvalue weighted by atomic mass is 32.2. The third kappa shape index (κ3) is 2.76. The van der Waals surface area contributed by atoms with Crippen molar-refractivity contribution < 1.29 is 8.42 Å². The van der Waals surface area contributed by atoms with Crippen LogP contribution in [0.1, 0.15) is 13.3 Å². The summed E-state index contributed by atoms with van der Waals surface area (Å²) in [6.07, 6.45) is 1.24. The average Bonchev–Trinajstić information content (AvgIpc) is 3.04. The third-order valence-electron chi connectivity index (χ3n) is 4.00. The Bertz CT molecular complexity index is 598. The number of anilines is 2. The maximum Gasteiger partial charge on any atom is 0.244 e. The van der Waals surface area contributed by atoms with Crippen LogP contribution < -0.4 is 10.6 Å². The van der Waals surface area contributed by atoms with E-state index < -0.39 is 10.0 Å². The zero-order valence-electron chi connectivity index (χ0n) is 12.5. The monoisotopic (exact) mass is 297 g/mol. The van der Waals surface area contributed by atoms with Crippen LogP contribution in [-0.4, -0.2) is 40.4 Å². The van der Waals surface area contributed by atoms with Crippen molar-refractivity contribution >= 4 is 21.4 Å². The van der Waals surface area contributed by atoms with Crippen LogP contribution in [0, 0.1) is 11.8 Å². The third-order valence-corrected chi connectivity index (χ3v) is 5.87. The van der Waals surface area contributed by atoms with E-state index in [0.717, 1.165) is 18.2 Å². The molecule has 0 amide bonds. The highest BCUT2D eigenvalue weighted by molar-refractivity contribution is 7.89. The van der Waals surface area contributed by atoms with Crippen molar-refractivity contribution in [3.8, 4) is 0 Å². The predicted molar refractivity (Wildman–Crippen MR) is 82.3 cm³/mol. The van der Waals surface area contributed by atoms with Gasteiger partial charge in [-0.1, -0.05) is 13.0 Å². The van der Waals surface area contributed by atoms with Gasteiger partial charge in [0.2, 0.25) is 10.0 Å². The summed E-state index contributed by atoms with van der Waals surface area (Å²) < 4.78 is 25.7. The average molecular weight is 297 g/mol. The van der Waals surface area contributed by atoms with Crippen molar-refractivity contribution in [2.45, 2.75) is 18.2 Å². The van der Waals surface area contributed by atoms with Gasteiger partial charge < -0.3 is 10.6 Å². The molecule has 1 aliphatic rings. The summed E-state index contributed by atoms with van der Waals surface area (Å²) in [5, 5.41) is 0. The van der Waals surface area contributed by atoms with Crippen molar-refractivity contribution in [1.29, 1.82) is 0 Å². The van der Waals surface area contributed by atoms with Crippen LogP contribution in [0.25, 0.3) is 0 Å². The van der Waals surface area contributed by atoms with Crippen molar-refractivity contribution in [3.05, 3.63) is 18.2 Å². The van der Waals surface area contributed by atoms with Crippen LogP contribution in [0.4, 0.5) is 11.4 Å². The molecule has 2 N–H and O–H groups in total. The van der Waals surface area contributed by atoms with Crippen LogP contribution in [-0.2, 0) is 10.0 Å². The number of hydrogen-bond donors (Lipinski definition) is 1. The summed E-state index contributed by atoms with van der Waals surface area (Å²) in [5.74, 6) is 1.45. The van der Waals surface area contributed by atoms with Gasteiger partial charge in [0, 0.05) is 27.7 Å². The minimum atomic E-state index is -3.51. The Hall–Kier alpha value is -1.27. The molecule has 2 rings (SSSR count). The lowest BCUT2D eigenvalue weighted by molar-refractivity contribution is 0.521. The molecule has 1 aromatic rings. The summed E-state index contributed by atoms with van der Waals surface area (Å²) in [7, 11) is 1.48. The SMILES string of the molecule is CC1CC1CN(C)c1cccc(S(=O)(=O)N(C)C)c1N. The van der Waals surface area contributed by atoms with E-state index in [2.05, 4.69) is 11.8 Å². The smallest absolute Gasteiger partial charge is 0.244 e. The second-order valence-electron chi connectivity index (χ2n) is 5.83. The van der Waals surface area contributed by atoms with Gasteiger partial charge in [-0.15, -0.1) is 0 Å². The second kappa shape index (κ2) is 5.26. The Morgan fingerprint density at radius 1 is 1.30 bits per heavy atom. The number of hydrogen-bond acceptors (Lipinski definition) is 4. The number of para-hydroxylation sites is 1. The summed E-state index contributed by atoms with van der Waals surface area (Å²) in [6.45, 7) is 3.14. The van der Waals surface area contributed by atoms with Gasteiger partial charge in [-0.05, 0) is 30.4 Å². The minimum Gasteiger partial charge on any atom is -0.396 e. The van der Waals surface area contributed by atoms with Crippen LogP contribution in [0.5, 0.6) is 0 Å². The van der Waals surface area contributed by atoms with Crippen molar-refractivity contribution in [2.24, 2.45) is 11.8 Å². The standard InChI is InChI=1S/C14H23N3O2S/c1-10-8-11(10)9-17(4)12-6-5-7-13(14(12)15)20(18,19)16(2)3/h5-7,10-11H,8-9,15H2,1-4H3. The van der Waals surface area contributed by atoms with Gasteiger partial charge in [-0.2, -0.15) is 0 Å². The van der Waals surface area contributed by atoms with Gasteiger partial charge in [-0.25, -0.2) is 12.7 Å². The van der Waals surface area contributed by atoms with Crippen LogP contribution >= 0.6 is 0 Å². The highest BCUT2D eigenvalue weighted by Crippen LogP contribution is 2.40. The molecule has 112 valence electrons. The molecule has 1 aromatic carbocycles. The Balaban J connectivity index is 2.32. The Labute approximate surface area is 121 Å². The number of nitrogen functional groups attached to an aromatic ring is 1. The Kier molecular flexibility index (Phi) is 3.97. The molecule has 6 heteroatoms. The van der Waals surface area contributed by atoms with E-state index in [1.807, 2.05) is 13.1 Å². The molecule has 5 nitrogen and oxygen atoms in total. The minimum absolute atomic E-state index is 0.177. The number of rotatable bonds is 5. The lowest BCUT2D eigenvalue weighted by Gasteiger charge is -2.23. The fraction of sp³-hybridized carbons (Fsp3) is 0.571. The largest absolute Gasteiger partial charge is 0.396 e. The molecule has 0 radical (unpaired) electrons. The van der Waals surface area contributed by atoms with E-state index in [0.29, 0.717) is 11.6 Å². The lowest BCUT2D eigenvalue weighted by Crippen LogP contribution is -2.26. The fourth-order valence-electron chi connectivity index (χ4n) is 2.39. The van der Waals surface area contributed by atoms with Gasteiger partial charge in [0.15, 0.2) is 0 Å². The Morgan fingerprint density at radius 3 is 2.40 bits per heavy atom. The van der Waals surface area contributed by atoms with E-state index in [4.69, 9.17) is 5.73 Å². The van der Waals surface area contributed by atoms with E-state index in [1.165, 1.54) is 24.8 Å². The predicted octanol–water partition coefficient (Wildman–Crippen LogP) is 1.61. The first-order valence-electron chi connectivity index (χ1n) is 6.77. The topological polar surface area (TPSA) is 66.6 Å². The van der Waals surface area contributed by atoms with E-state index in [-0.39, 0.29) is 4.90 Å². The zero-order valence-corrected chi connectivity index (χ0v) is 13.3. The van der Waals surface area contributed by atoms with E-state index in [1.54, 1.807) is 12.1 Å². The molecule has 0 heterocycles. The summed E-state index contributed by atoms with van der Waals surface area (Å²) in [6, 6.07) is 5.17. The van der Waals surface area contributed by atoms with Gasteiger partial charge in [-0.3, -0.25) is 0 Å². The first-order valence-corrected chi connectivity index (χ1v) is 8.21. The van der Waals surface area contributed by atoms with E-state index >= 15 is 0 Å². The lowest BCUT2D eigenvalue weighted by atomic mass is 10.2.